The van der Waals surface area contributed by atoms with Crippen LogP contribution in [0.25, 0.3) is 0 Å². The summed E-state index contributed by atoms with van der Waals surface area (Å²) in [5.74, 6) is -1.56. The molecular weight excluding hydrogens is 212 g/mol. The topological polar surface area (TPSA) is 98.7 Å². The molecule has 0 spiro atoms. The van der Waals surface area contributed by atoms with Crippen molar-refractivity contribution >= 4 is 11.9 Å². The first kappa shape index (κ1) is 12.9. The SMILES string of the molecule is O=C(N[C@H](CO)C(=O)O)C1CCCCCN1. The normalized spacial score (nSPS) is 23.2. The molecule has 1 aliphatic heterocycles. The fourth-order valence-corrected chi connectivity index (χ4v) is 1.71. The fraction of sp³-hybridized carbons (Fsp3) is 0.800. The highest BCUT2D eigenvalue weighted by Gasteiger charge is 2.24. The Labute approximate surface area is 94.0 Å². The molecule has 16 heavy (non-hydrogen) atoms. The molecule has 0 aliphatic carbocycles. The summed E-state index contributed by atoms with van der Waals surface area (Å²) in [7, 11) is 0. The summed E-state index contributed by atoms with van der Waals surface area (Å²) < 4.78 is 0. The van der Waals surface area contributed by atoms with E-state index < -0.39 is 18.6 Å². The van der Waals surface area contributed by atoms with Crippen molar-refractivity contribution in [1.29, 1.82) is 0 Å². The van der Waals surface area contributed by atoms with Crippen molar-refractivity contribution < 1.29 is 19.8 Å². The second-order valence-corrected chi connectivity index (χ2v) is 3.94. The molecule has 1 rings (SSSR count). The first-order valence-corrected chi connectivity index (χ1v) is 5.52. The number of hydrogen-bond acceptors (Lipinski definition) is 4. The van der Waals surface area contributed by atoms with E-state index in [1.807, 2.05) is 0 Å². The molecule has 1 amide bonds. The molecule has 2 atom stereocenters. The number of aliphatic carboxylic acids is 1. The number of carbonyl (C=O) groups excluding carboxylic acids is 1. The van der Waals surface area contributed by atoms with Gasteiger partial charge in [0.1, 0.15) is 6.04 Å². The van der Waals surface area contributed by atoms with Crippen molar-refractivity contribution in [2.24, 2.45) is 0 Å². The van der Waals surface area contributed by atoms with Crippen LogP contribution in [0, 0.1) is 0 Å². The summed E-state index contributed by atoms with van der Waals surface area (Å²) in [6, 6.07) is -1.55. The molecule has 0 aromatic heterocycles. The van der Waals surface area contributed by atoms with Crippen LogP contribution in [0.5, 0.6) is 0 Å². The lowest BCUT2D eigenvalue weighted by Crippen LogP contribution is -2.51. The van der Waals surface area contributed by atoms with Gasteiger partial charge in [-0.2, -0.15) is 0 Å². The number of nitrogens with one attached hydrogen (secondary N) is 2. The van der Waals surface area contributed by atoms with Crippen LogP contribution in [0.2, 0.25) is 0 Å². The maximum atomic E-state index is 11.7. The van der Waals surface area contributed by atoms with Gasteiger partial charge in [0, 0.05) is 0 Å². The van der Waals surface area contributed by atoms with E-state index in [1.54, 1.807) is 0 Å². The van der Waals surface area contributed by atoms with Gasteiger partial charge in [-0.05, 0) is 19.4 Å². The molecule has 1 aliphatic rings. The molecule has 0 saturated carbocycles. The van der Waals surface area contributed by atoms with E-state index in [-0.39, 0.29) is 11.9 Å². The van der Waals surface area contributed by atoms with Crippen LogP contribution in [0.4, 0.5) is 0 Å². The van der Waals surface area contributed by atoms with Crippen molar-refractivity contribution in [2.75, 3.05) is 13.2 Å². The average molecular weight is 230 g/mol. The van der Waals surface area contributed by atoms with Gasteiger partial charge in [0.2, 0.25) is 5.91 Å². The summed E-state index contributed by atoms with van der Waals surface area (Å²) in [5, 5.41) is 22.8. The molecule has 92 valence electrons. The third-order valence-corrected chi connectivity index (χ3v) is 2.67. The number of carbonyl (C=O) groups is 2. The Morgan fingerprint density at radius 3 is 2.75 bits per heavy atom. The van der Waals surface area contributed by atoms with Crippen molar-refractivity contribution in [3.8, 4) is 0 Å². The molecule has 6 heteroatoms. The Hall–Kier alpha value is -1.14. The van der Waals surface area contributed by atoms with Gasteiger partial charge in [0.05, 0.1) is 12.6 Å². The third kappa shape index (κ3) is 3.79. The summed E-state index contributed by atoms with van der Waals surface area (Å²) in [6.07, 6.45) is 3.79. The Balaban J connectivity index is 2.46. The van der Waals surface area contributed by atoms with Gasteiger partial charge in [0.25, 0.3) is 0 Å². The maximum absolute atomic E-state index is 11.7. The fourth-order valence-electron chi connectivity index (χ4n) is 1.71. The first-order chi connectivity index (χ1) is 7.65. The van der Waals surface area contributed by atoms with E-state index in [0.717, 1.165) is 25.8 Å². The summed E-state index contributed by atoms with van der Waals surface area (Å²) >= 11 is 0. The highest BCUT2D eigenvalue weighted by Crippen LogP contribution is 2.08. The zero-order valence-electron chi connectivity index (χ0n) is 9.11. The van der Waals surface area contributed by atoms with Crippen LogP contribution in [-0.2, 0) is 9.59 Å². The second kappa shape index (κ2) is 6.44. The van der Waals surface area contributed by atoms with Crippen LogP contribution in [0.15, 0.2) is 0 Å². The molecule has 1 heterocycles. The van der Waals surface area contributed by atoms with Gasteiger partial charge < -0.3 is 20.8 Å². The average Bonchev–Trinajstić information content (AvgIpc) is 2.53. The Morgan fingerprint density at radius 1 is 1.38 bits per heavy atom. The molecule has 0 radical (unpaired) electrons. The van der Waals surface area contributed by atoms with Crippen molar-refractivity contribution in [2.45, 2.75) is 37.8 Å². The van der Waals surface area contributed by atoms with Crippen molar-refractivity contribution in [3.63, 3.8) is 0 Å². The Kier molecular flexibility index (Phi) is 5.21. The largest absolute Gasteiger partial charge is 0.480 e. The molecule has 4 N–H and O–H groups in total. The molecule has 1 unspecified atom stereocenters. The second-order valence-electron chi connectivity index (χ2n) is 3.94. The minimum absolute atomic E-state index is 0.337. The maximum Gasteiger partial charge on any atom is 0.328 e. The quantitative estimate of drug-likeness (QED) is 0.500. The van der Waals surface area contributed by atoms with E-state index in [9.17, 15) is 9.59 Å². The molecule has 1 fully saturated rings. The summed E-state index contributed by atoms with van der Waals surface area (Å²) in [6.45, 7) is 0.183. The summed E-state index contributed by atoms with van der Waals surface area (Å²) in [4.78, 5) is 22.3. The minimum atomic E-state index is -1.22. The number of aliphatic hydroxyl groups excluding tert-OH is 1. The summed E-state index contributed by atoms with van der Waals surface area (Å²) in [5.41, 5.74) is 0. The lowest BCUT2D eigenvalue weighted by atomic mass is 10.1. The van der Waals surface area contributed by atoms with Gasteiger partial charge in [-0.1, -0.05) is 12.8 Å². The highest BCUT2D eigenvalue weighted by atomic mass is 16.4. The van der Waals surface area contributed by atoms with E-state index in [0.29, 0.717) is 6.42 Å². The zero-order chi connectivity index (χ0) is 12.0. The van der Waals surface area contributed by atoms with Crippen LogP contribution in [0.1, 0.15) is 25.7 Å². The van der Waals surface area contributed by atoms with Gasteiger partial charge in [-0.25, -0.2) is 4.79 Å². The van der Waals surface area contributed by atoms with Crippen LogP contribution < -0.4 is 10.6 Å². The van der Waals surface area contributed by atoms with E-state index in [2.05, 4.69) is 10.6 Å². The predicted octanol–water partition coefficient (Wildman–Crippen LogP) is -0.920. The van der Waals surface area contributed by atoms with Gasteiger partial charge in [-0.15, -0.1) is 0 Å². The van der Waals surface area contributed by atoms with Crippen LogP contribution >= 0.6 is 0 Å². The van der Waals surface area contributed by atoms with Gasteiger partial charge in [-0.3, -0.25) is 4.79 Å². The number of carboxylic acids is 1. The number of carboxylic acid groups (broad SMARTS) is 1. The molecule has 0 aromatic carbocycles. The monoisotopic (exact) mass is 230 g/mol. The smallest absolute Gasteiger partial charge is 0.328 e. The predicted molar refractivity (Wildman–Crippen MR) is 56.9 cm³/mol. The minimum Gasteiger partial charge on any atom is -0.480 e. The molecule has 1 saturated heterocycles. The molecule has 0 bridgehead atoms. The lowest BCUT2D eigenvalue weighted by molar-refractivity contribution is -0.143. The highest BCUT2D eigenvalue weighted by molar-refractivity contribution is 5.86. The van der Waals surface area contributed by atoms with E-state index in [4.69, 9.17) is 10.2 Å². The van der Waals surface area contributed by atoms with Gasteiger partial charge in [0.15, 0.2) is 0 Å². The standard InChI is InChI=1S/C10H18N2O4/c13-6-8(10(15)16)12-9(14)7-4-2-1-3-5-11-7/h7-8,11,13H,1-6H2,(H,12,14)(H,15,16)/t7?,8-/m1/s1. The number of hydrogen-bond donors (Lipinski definition) is 4. The van der Waals surface area contributed by atoms with E-state index >= 15 is 0 Å². The Bertz CT molecular complexity index is 249. The molecule has 6 nitrogen and oxygen atoms in total. The van der Waals surface area contributed by atoms with Crippen molar-refractivity contribution in [3.05, 3.63) is 0 Å². The zero-order valence-corrected chi connectivity index (χ0v) is 9.11. The first-order valence-electron chi connectivity index (χ1n) is 5.52. The Morgan fingerprint density at radius 2 is 2.12 bits per heavy atom. The number of rotatable bonds is 4. The molecular formula is C10H18N2O4. The third-order valence-electron chi connectivity index (χ3n) is 2.67. The van der Waals surface area contributed by atoms with E-state index in [1.165, 1.54) is 0 Å². The van der Waals surface area contributed by atoms with Crippen LogP contribution in [0.3, 0.4) is 0 Å². The lowest BCUT2D eigenvalue weighted by Gasteiger charge is -2.18. The van der Waals surface area contributed by atoms with Gasteiger partial charge >= 0.3 is 5.97 Å². The van der Waals surface area contributed by atoms with Crippen LogP contribution in [-0.4, -0.2) is 47.3 Å². The number of amides is 1. The molecule has 0 aromatic rings. The van der Waals surface area contributed by atoms with Crippen molar-refractivity contribution in [1.82, 2.24) is 10.6 Å². The number of aliphatic hydroxyl groups is 1.